The number of pyridine rings is 3. The van der Waals surface area contributed by atoms with E-state index in [1.165, 1.54) is 0 Å². The van der Waals surface area contributed by atoms with Crippen LogP contribution in [0.1, 0.15) is 16.8 Å². The molecular formula is C36H27N3. The molecule has 3 nitrogen and oxygen atoms in total. The minimum absolute atomic E-state index is 0.895. The molecule has 0 saturated heterocycles. The molecule has 0 saturated carbocycles. The second-order valence-electron chi connectivity index (χ2n) is 9.36. The molecule has 0 aliphatic rings. The monoisotopic (exact) mass is 501 g/mol. The lowest BCUT2D eigenvalue weighted by Gasteiger charge is -2.15. The minimum Gasteiger partial charge on any atom is -0.256 e. The van der Waals surface area contributed by atoms with Crippen LogP contribution in [-0.2, 0) is 0 Å². The number of nitrogens with zero attached hydrogens (tertiary/aromatic N) is 3. The fraction of sp³-hybridized carbons (Fsp3) is 0.0278. The quantitative estimate of drug-likeness (QED) is 0.214. The molecule has 6 rings (SSSR count). The van der Waals surface area contributed by atoms with Crippen molar-refractivity contribution < 1.29 is 0 Å². The summed E-state index contributed by atoms with van der Waals surface area (Å²) in [5.74, 6) is 0. The smallest absolute Gasteiger partial charge is 0.0744 e. The van der Waals surface area contributed by atoms with Crippen LogP contribution in [0.25, 0.3) is 50.2 Å². The SMILES string of the molecule is C=C/C=C(/c1cccc(-c2ccccc2)n1)c1ccc2c(-c3cccc(-c4ccccc4)n3)ccnc2c1C. The first kappa shape index (κ1) is 24.2. The van der Waals surface area contributed by atoms with E-state index in [0.717, 1.165) is 67.1 Å². The zero-order valence-corrected chi connectivity index (χ0v) is 21.8. The van der Waals surface area contributed by atoms with Crippen LogP contribution in [0.15, 0.2) is 140 Å². The molecule has 0 spiro atoms. The molecule has 3 aromatic heterocycles. The molecule has 0 atom stereocenters. The molecule has 3 heteroatoms. The van der Waals surface area contributed by atoms with E-state index in [2.05, 4.69) is 74.2 Å². The first-order valence-electron chi connectivity index (χ1n) is 13.0. The van der Waals surface area contributed by atoms with Gasteiger partial charge in [0.15, 0.2) is 0 Å². The molecule has 39 heavy (non-hydrogen) atoms. The highest BCUT2D eigenvalue weighted by molar-refractivity contribution is 5.98. The molecular weight excluding hydrogens is 474 g/mol. The highest BCUT2D eigenvalue weighted by atomic mass is 14.7. The molecule has 186 valence electrons. The number of benzene rings is 3. The van der Waals surface area contributed by atoms with Gasteiger partial charge < -0.3 is 0 Å². The Balaban J connectivity index is 1.45. The molecule has 0 aliphatic heterocycles. The van der Waals surface area contributed by atoms with Gasteiger partial charge >= 0.3 is 0 Å². The van der Waals surface area contributed by atoms with Crippen LogP contribution in [0.2, 0.25) is 0 Å². The standard InChI is InChI=1S/C36H27N3/c1-3-12-29(34-19-10-17-32(38-34)26-13-6-4-7-14-26)28-21-22-31-30(23-24-37-36(31)25(28)2)35-20-11-18-33(39-35)27-15-8-5-9-16-27/h3-24H,1H2,2H3/b29-12+. The summed E-state index contributed by atoms with van der Waals surface area (Å²) in [6.45, 7) is 6.11. The lowest BCUT2D eigenvalue weighted by molar-refractivity contribution is 1.26. The van der Waals surface area contributed by atoms with Gasteiger partial charge in [-0.05, 0) is 48.4 Å². The summed E-state index contributed by atoms with van der Waals surface area (Å²) in [4.78, 5) is 14.8. The summed E-state index contributed by atoms with van der Waals surface area (Å²) in [7, 11) is 0. The van der Waals surface area contributed by atoms with E-state index in [9.17, 15) is 0 Å². The van der Waals surface area contributed by atoms with Crippen molar-refractivity contribution in [1.82, 2.24) is 15.0 Å². The predicted octanol–water partition coefficient (Wildman–Crippen LogP) is 8.95. The van der Waals surface area contributed by atoms with Gasteiger partial charge in [0, 0.05) is 33.8 Å². The molecule has 0 amide bonds. The van der Waals surface area contributed by atoms with E-state index in [0.29, 0.717) is 0 Å². The lowest BCUT2D eigenvalue weighted by atomic mass is 9.93. The fourth-order valence-electron chi connectivity index (χ4n) is 5.01. The number of aromatic nitrogens is 3. The third-order valence-corrected chi connectivity index (χ3v) is 6.93. The summed E-state index contributed by atoms with van der Waals surface area (Å²) in [5.41, 5.74) is 11.1. The Hall–Kier alpha value is -5.15. The molecule has 0 aliphatic carbocycles. The Labute approximate surface area is 228 Å². The van der Waals surface area contributed by atoms with Crippen LogP contribution in [0, 0.1) is 6.92 Å². The van der Waals surface area contributed by atoms with Crippen LogP contribution in [0.3, 0.4) is 0 Å². The van der Waals surface area contributed by atoms with Crippen LogP contribution < -0.4 is 0 Å². The van der Waals surface area contributed by atoms with Crippen molar-refractivity contribution in [3.63, 3.8) is 0 Å². The first-order valence-corrected chi connectivity index (χ1v) is 13.0. The molecule has 3 heterocycles. The number of hydrogen-bond donors (Lipinski definition) is 0. The lowest BCUT2D eigenvalue weighted by Crippen LogP contribution is -1.98. The van der Waals surface area contributed by atoms with Crippen molar-refractivity contribution in [2.75, 3.05) is 0 Å². The van der Waals surface area contributed by atoms with Crippen molar-refractivity contribution in [3.8, 4) is 33.8 Å². The van der Waals surface area contributed by atoms with Crippen LogP contribution in [0.5, 0.6) is 0 Å². The van der Waals surface area contributed by atoms with Gasteiger partial charge in [0.1, 0.15) is 0 Å². The highest BCUT2D eigenvalue weighted by Gasteiger charge is 2.15. The summed E-state index contributed by atoms with van der Waals surface area (Å²) >= 11 is 0. The highest BCUT2D eigenvalue weighted by Crippen LogP contribution is 2.34. The second kappa shape index (κ2) is 10.7. The summed E-state index contributed by atoms with van der Waals surface area (Å²) in [6.07, 6.45) is 5.72. The van der Waals surface area contributed by atoms with Crippen molar-refractivity contribution in [1.29, 1.82) is 0 Å². The van der Waals surface area contributed by atoms with E-state index in [4.69, 9.17) is 15.0 Å². The zero-order chi connectivity index (χ0) is 26.6. The number of aryl methyl sites for hydroxylation is 1. The Morgan fingerprint density at radius 2 is 1.28 bits per heavy atom. The average Bonchev–Trinajstić information content (AvgIpc) is 3.01. The van der Waals surface area contributed by atoms with E-state index in [-0.39, 0.29) is 0 Å². The number of rotatable bonds is 6. The van der Waals surface area contributed by atoms with Gasteiger partial charge in [-0.3, -0.25) is 4.98 Å². The average molecular weight is 502 g/mol. The fourth-order valence-corrected chi connectivity index (χ4v) is 5.01. The molecule has 3 aromatic carbocycles. The van der Waals surface area contributed by atoms with Crippen molar-refractivity contribution in [3.05, 3.63) is 157 Å². The number of allylic oxidation sites excluding steroid dienone is 2. The largest absolute Gasteiger partial charge is 0.256 e. The summed E-state index contributed by atoms with van der Waals surface area (Å²) < 4.78 is 0. The molecule has 0 radical (unpaired) electrons. The Bertz CT molecular complexity index is 1820. The number of hydrogen-bond acceptors (Lipinski definition) is 3. The number of fused-ring (bicyclic) bond motifs is 1. The van der Waals surface area contributed by atoms with Crippen molar-refractivity contribution in [2.24, 2.45) is 0 Å². The van der Waals surface area contributed by atoms with E-state index < -0.39 is 0 Å². The third-order valence-electron chi connectivity index (χ3n) is 6.93. The van der Waals surface area contributed by atoms with Crippen LogP contribution in [0.4, 0.5) is 0 Å². The summed E-state index contributed by atoms with van der Waals surface area (Å²) in [6, 6.07) is 39.2. The van der Waals surface area contributed by atoms with Crippen LogP contribution in [-0.4, -0.2) is 15.0 Å². The molecule has 0 unspecified atom stereocenters. The van der Waals surface area contributed by atoms with E-state index >= 15 is 0 Å². The van der Waals surface area contributed by atoms with Crippen LogP contribution >= 0.6 is 0 Å². The van der Waals surface area contributed by atoms with Gasteiger partial charge in [0.25, 0.3) is 0 Å². The zero-order valence-electron chi connectivity index (χ0n) is 21.8. The Morgan fingerprint density at radius 3 is 1.97 bits per heavy atom. The maximum Gasteiger partial charge on any atom is 0.0744 e. The maximum atomic E-state index is 5.02. The van der Waals surface area contributed by atoms with E-state index in [1.807, 2.05) is 72.9 Å². The topological polar surface area (TPSA) is 38.7 Å². The van der Waals surface area contributed by atoms with E-state index in [1.54, 1.807) is 0 Å². The van der Waals surface area contributed by atoms with Gasteiger partial charge in [-0.25, -0.2) is 9.97 Å². The molecule has 0 N–H and O–H groups in total. The third kappa shape index (κ3) is 4.78. The molecule has 6 aromatic rings. The normalized spacial score (nSPS) is 11.5. The van der Waals surface area contributed by atoms with Crippen molar-refractivity contribution in [2.45, 2.75) is 6.92 Å². The van der Waals surface area contributed by atoms with Gasteiger partial charge in [-0.15, -0.1) is 0 Å². The van der Waals surface area contributed by atoms with Gasteiger partial charge in [0.2, 0.25) is 0 Å². The van der Waals surface area contributed by atoms with Gasteiger partial charge in [-0.2, -0.15) is 0 Å². The Morgan fingerprint density at radius 1 is 0.641 bits per heavy atom. The minimum atomic E-state index is 0.895. The van der Waals surface area contributed by atoms with Gasteiger partial charge in [0.05, 0.1) is 28.3 Å². The van der Waals surface area contributed by atoms with Gasteiger partial charge in [-0.1, -0.05) is 104 Å². The van der Waals surface area contributed by atoms with Crippen molar-refractivity contribution >= 4 is 16.5 Å². The predicted molar refractivity (Wildman–Crippen MR) is 162 cm³/mol. The Kier molecular flexibility index (Phi) is 6.63. The summed E-state index contributed by atoms with van der Waals surface area (Å²) in [5, 5.41) is 1.07. The second-order valence-corrected chi connectivity index (χ2v) is 9.36. The molecule has 0 bridgehead atoms. The maximum absolute atomic E-state index is 5.02. The molecule has 0 fully saturated rings. The first-order chi connectivity index (χ1) is 19.2.